The molecule has 2 aromatic carbocycles. The van der Waals surface area contributed by atoms with Crippen molar-refractivity contribution in [3.8, 4) is 0 Å². The van der Waals surface area contributed by atoms with Gasteiger partial charge in [-0.05, 0) is 78.8 Å². The van der Waals surface area contributed by atoms with Crippen LogP contribution >= 0.6 is 35.0 Å². The van der Waals surface area contributed by atoms with Gasteiger partial charge in [0.25, 0.3) is 0 Å². The number of hydrogen-bond donors (Lipinski definition) is 1. The number of thioether (sulfide) groups is 1. The second kappa shape index (κ2) is 15.0. The lowest BCUT2D eigenvalue weighted by atomic mass is 10.2. The third-order valence-corrected chi connectivity index (χ3v) is 6.46. The van der Waals surface area contributed by atoms with Crippen molar-refractivity contribution in [3.05, 3.63) is 76.4 Å². The SMILES string of the molecule is CC(C(=O)N(C)c1ccc(SC(F)(F)F)cc1)N(C=O)Cc1ccnc(Nc2cc(Cl)ccc2Cl)c1.CCC. The molecule has 0 aliphatic rings. The van der Waals surface area contributed by atoms with E-state index >= 15 is 0 Å². The Morgan fingerprint density at radius 2 is 1.74 bits per heavy atom. The van der Waals surface area contributed by atoms with Crippen LogP contribution in [0.4, 0.5) is 30.4 Å². The normalized spacial score (nSPS) is 11.6. The molecule has 1 unspecified atom stereocenters. The van der Waals surface area contributed by atoms with E-state index in [4.69, 9.17) is 23.2 Å². The van der Waals surface area contributed by atoms with E-state index < -0.39 is 17.5 Å². The van der Waals surface area contributed by atoms with Crippen molar-refractivity contribution in [2.24, 2.45) is 0 Å². The number of carbonyl (C=O) groups is 2. The first-order valence-corrected chi connectivity index (χ1v) is 13.5. The summed E-state index contributed by atoms with van der Waals surface area (Å²) in [4.78, 5) is 31.7. The number of anilines is 3. The molecule has 39 heavy (non-hydrogen) atoms. The number of hydrogen-bond acceptors (Lipinski definition) is 5. The van der Waals surface area contributed by atoms with Gasteiger partial charge in [0.2, 0.25) is 12.3 Å². The molecule has 1 atom stereocenters. The van der Waals surface area contributed by atoms with Gasteiger partial charge in [-0.15, -0.1) is 0 Å². The van der Waals surface area contributed by atoms with Crippen LogP contribution in [0.25, 0.3) is 0 Å². The molecule has 6 nitrogen and oxygen atoms in total. The van der Waals surface area contributed by atoms with Crippen LogP contribution in [-0.2, 0) is 16.1 Å². The minimum Gasteiger partial charge on any atom is -0.339 e. The van der Waals surface area contributed by atoms with Crippen molar-refractivity contribution in [3.63, 3.8) is 0 Å². The smallest absolute Gasteiger partial charge is 0.339 e. The molecule has 0 radical (unpaired) electrons. The van der Waals surface area contributed by atoms with Crippen LogP contribution in [-0.4, -0.2) is 40.8 Å². The van der Waals surface area contributed by atoms with Gasteiger partial charge in [0.05, 0.1) is 10.7 Å². The van der Waals surface area contributed by atoms with Crippen LogP contribution in [0, 0.1) is 0 Å². The minimum atomic E-state index is -4.40. The van der Waals surface area contributed by atoms with Crippen LogP contribution in [0.15, 0.2) is 65.7 Å². The number of amides is 2. The van der Waals surface area contributed by atoms with E-state index in [1.165, 1.54) is 47.5 Å². The van der Waals surface area contributed by atoms with Crippen LogP contribution in [0.5, 0.6) is 0 Å². The molecule has 0 spiro atoms. The number of nitrogens with zero attached hydrogens (tertiary/aromatic N) is 3. The standard InChI is InChI=1S/C24H21Cl2F3N4O2S.C3H8/c1-15(23(35)32(2)18-4-6-19(7-5-18)36-24(27,28)29)33(14-34)13-16-9-10-30-22(11-16)31-21-12-17(25)3-8-20(21)26;1-3-2/h3-12,14-15H,13H2,1-2H3,(H,30,31);3H2,1-2H3. The van der Waals surface area contributed by atoms with Gasteiger partial charge < -0.3 is 15.1 Å². The number of rotatable bonds is 9. The number of alkyl halides is 3. The summed E-state index contributed by atoms with van der Waals surface area (Å²) >= 11 is 12.0. The minimum absolute atomic E-state index is 0.0100. The molecule has 3 aromatic rings. The molecule has 0 fully saturated rings. The molecular formula is C27H29Cl2F3N4O2S. The van der Waals surface area contributed by atoms with Gasteiger partial charge >= 0.3 is 5.51 Å². The summed E-state index contributed by atoms with van der Waals surface area (Å²) in [6, 6.07) is 13.0. The third-order valence-electron chi connectivity index (χ3n) is 5.16. The highest BCUT2D eigenvalue weighted by Crippen LogP contribution is 2.37. The lowest BCUT2D eigenvalue weighted by Gasteiger charge is -2.28. The Morgan fingerprint density at radius 1 is 1.10 bits per heavy atom. The Morgan fingerprint density at radius 3 is 2.33 bits per heavy atom. The van der Waals surface area contributed by atoms with Crippen molar-refractivity contribution >= 4 is 64.5 Å². The van der Waals surface area contributed by atoms with Crippen molar-refractivity contribution in [2.75, 3.05) is 17.3 Å². The first-order chi connectivity index (χ1) is 18.4. The fourth-order valence-electron chi connectivity index (χ4n) is 3.27. The highest BCUT2D eigenvalue weighted by molar-refractivity contribution is 8.00. The lowest BCUT2D eigenvalue weighted by molar-refractivity contribution is -0.130. The van der Waals surface area contributed by atoms with Gasteiger partial charge in [0, 0.05) is 35.4 Å². The van der Waals surface area contributed by atoms with Crippen molar-refractivity contribution < 1.29 is 22.8 Å². The van der Waals surface area contributed by atoms with E-state index in [9.17, 15) is 22.8 Å². The number of pyridine rings is 1. The Balaban J connectivity index is 0.00000170. The van der Waals surface area contributed by atoms with Crippen LogP contribution in [0.2, 0.25) is 10.0 Å². The van der Waals surface area contributed by atoms with E-state index in [2.05, 4.69) is 24.1 Å². The molecule has 12 heteroatoms. The summed E-state index contributed by atoms with van der Waals surface area (Å²) in [5.41, 5.74) is -2.73. The van der Waals surface area contributed by atoms with Gasteiger partial charge in [-0.1, -0.05) is 43.5 Å². The highest BCUT2D eigenvalue weighted by Gasteiger charge is 2.29. The quantitative estimate of drug-likeness (QED) is 0.198. The van der Waals surface area contributed by atoms with E-state index in [1.54, 1.807) is 43.5 Å². The molecule has 210 valence electrons. The maximum atomic E-state index is 13.0. The molecule has 0 aliphatic carbocycles. The van der Waals surface area contributed by atoms with Crippen molar-refractivity contribution in [1.29, 1.82) is 0 Å². The third kappa shape index (κ3) is 10.3. The van der Waals surface area contributed by atoms with Gasteiger partial charge in [0.1, 0.15) is 11.9 Å². The highest BCUT2D eigenvalue weighted by atomic mass is 35.5. The summed E-state index contributed by atoms with van der Waals surface area (Å²) < 4.78 is 37.6. The van der Waals surface area contributed by atoms with Crippen LogP contribution in [0.1, 0.15) is 32.8 Å². The van der Waals surface area contributed by atoms with Gasteiger partial charge in [-0.3, -0.25) is 9.59 Å². The lowest BCUT2D eigenvalue weighted by Crippen LogP contribution is -2.45. The Bertz CT molecular complexity index is 1250. The molecule has 1 heterocycles. The van der Waals surface area contributed by atoms with E-state index in [0.717, 1.165) is 0 Å². The first kappa shape index (κ1) is 32.3. The number of nitrogens with one attached hydrogen (secondary N) is 1. The van der Waals surface area contributed by atoms with E-state index in [1.807, 2.05) is 0 Å². The molecule has 0 aliphatic heterocycles. The predicted molar refractivity (Wildman–Crippen MR) is 153 cm³/mol. The average Bonchev–Trinajstić information content (AvgIpc) is 2.88. The number of aromatic nitrogens is 1. The number of benzene rings is 2. The molecular weight excluding hydrogens is 572 g/mol. The Labute approximate surface area is 240 Å². The fraction of sp³-hybridized carbons (Fsp3) is 0.296. The second-order valence-corrected chi connectivity index (χ2v) is 10.4. The number of likely N-dealkylation sites (N-methyl/N-ethyl adjacent to an activating group) is 1. The zero-order valence-electron chi connectivity index (χ0n) is 21.8. The average molecular weight is 602 g/mol. The zero-order valence-corrected chi connectivity index (χ0v) is 24.1. The van der Waals surface area contributed by atoms with Crippen LogP contribution < -0.4 is 10.2 Å². The maximum Gasteiger partial charge on any atom is 0.446 e. The first-order valence-electron chi connectivity index (χ1n) is 11.9. The largest absolute Gasteiger partial charge is 0.446 e. The summed E-state index contributed by atoms with van der Waals surface area (Å²) in [6.07, 6.45) is 3.37. The molecule has 0 saturated heterocycles. The van der Waals surface area contributed by atoms with E-state index in [0.29, 0.717) is 39.2 Å². The molecule has 0 bridgehead atoms. The predicted octanol–water partition coefficient (Wildman–Crippen LogP) is 8.17. The summed E-state index contributed by atoms with van der Waals surface area (Å²) in [5, 5.41) is 4.02. The van der Waals surface area contributed by atoms with Crippen molar-refractivity contribution in [2.45, 2.75) is 50.2 Å². The zero-order chi connectivity index (χ0) is 29.2. The summed E-state index contributed by atoms with van der Waals surface area (Å²) in [7, 11) is 1.50. The monoisotopic (exact) mass is 600 g/mol. The molecule has 1 aromatic heterocycles. The Hall–Kier alpha value is -2.95. The topological polar surface area (TPSA) is 65.5 Å². The second-order valence-electron chi connectivity index (χ2n) is 8.40. The van der Waals surface area contributed by atoms with E-state index in [-0.39, 0.29) is 23.2 Å². The van der Waals surface area contributed by atoms with Crippen LogP contribution in [0.3, 0.4) is 0 Å². The maximum absolute atomic E-state index is 13.0. The molecule has 1 N–H and O–H groups in total. The Kier molecular flexibility index (Phi) is 12.4. The molecule has 3 rings (SSSR count). The fourth-order valence-corrected chi connectivity index (χ4v) is 4.15. The molecule has 2 amide bonds. The summed E-state index contributed by atoms with van der Waals surface area (Å²) in [5.74, 6) is 0.0619. The summed E-state index contributed by atoms with van der Waals surface area (Å²) in [6.45, 7) is 5.94. The number of halogens is 5. The van der Waals surface area contributed by atoms with Gasteiger partial charge in [-0.2, -0.15) is 13.2 Å². The molecule has 0 saturated carbocycles. The number of carbonyl (C=O) groups excluding carboxylic acids is 2. The van der Waals surface area contributed by atoms with Crippen molar-refractivity contribution in [1.82, 2.24) is 9.88 Å². The van der Waals surface area contributed by atoms with Gasteiger partial charge in [0.15, 0.2) is 0 Å². The van der Waals surface area contributed by atoms with Gasteiger partial charge in [-0.25, -0.2) is 4.98 Å².